The maximum atomic E-state index is 13.0. The number of rotatable bonds is 6. The Balaban J connectivity index is 2.15. The van der Waals surface area contributed by atoms with Crippen LogP contribution in [-0.4, -0.2) is 26.6 Å². The van der Waals surface area contributed by atoms with E-state index in [0.29, 0.717) is 10.6 Å². The summed E-state index contributed by atoms with van der Waals surface area (Å²) in [6.07, 6.45) is 0. The van der Waals surface area contributed by atoms with E-state index in [9.17, 15) is 24.5 Å². The van der Waals surface area contributed by atoms with Crippen molar-refractivity contribution >= 4 is 34.2 Å². The number of carbonyl (C=O) groups is 1. The minimum absolute atomic E-state index is 0.103. The zero-order chi connectivity index (χ0) is 21.1. The Kier molecular flexibility index (Phi) is 5.79. The maximum absolute atomic E-state index is 13.0. The molecule has 0 atom stereocenters. The molecule has 1 heterocycles. The average Bonchev–Trinajstić information content (AvgIpc) is 2.69. The first-order chi connectivity index (χ1) is 13.8. The minimum Gasteiger partial charge on any atom is -0.465 e. The van der Waals surface area contributed by atoms with E-state index in [1.807, 2.05) is 0 Å². The number of non-ortho nitro benzene ring substituents is 1. The van der Waals surface area contributed by atoms with Gasteiger partial charge in [-0.2, -0.15) is 0 Å². The highest BCUT2D eigenvalue weighted by molar-refractivity contribution is 6.31. The molecule has 10 heteroatoms. The lowest BCUT2D eigenvalue weighted by Gasteiger charge is -2.14. The Hall–Kier alpha value is -3.46. The first-order valence-electron chi connectivity index (χ1n) is 8.63. The SMILES string of the molecule is CCOC(=O)Cn1c(=O)n(Cc2ccc([N+](=O)[O-])cc2)c(=O)c2ccc(Cl)cc21. The molecule has 29 heavy (non-hydrogen) atoms. The lowest BCUT2D eigenvalue weighted by molar-refractivity contribution is -0.384. The summed E-state index contributed by atoms with van der Waals surface area (Å²) in [5.74, 6) is -0.628. The van der Waals surface area contributed by atoms with Crippen molar-refractivity contribution in [2.45, 2.75) is 20.0 Å². The van der Waals surface area contributed by atoms with Crippen LogP contribution in [0.3, 0.4) is 0 Å². The Labute approximate surface area is 168 Å². The van der Waals surface area contributed by atoms with Gasteiger partial charge in [0.2, 0.25) is 0 Å². The molecule has 0 N–H and O–H groups in total. The van der Waals surface area contributed by atoms with Gasteiger partial charge in [0.25, 0.3) is 11.2 Å². The number of ether oxygens (including phenoxy) is 1. The van der Waals surface area contributed by atoms with Crippen LogP contribution in [-0.2, 0) is 22.6 Å². The normalized spacial score (nSPS) is 10.8. The van der Waals surface area contributed by atoms with Crippen LogP contribution in [0.5, 0.6) is 0 Å². The third-order valence-corrected chi connectivity index (χ3v) is 4.50. The molecular formula is C19H16ClN3O6. The van der Waals surface area contributed by atoms with Gasteiger partial charge in [-0.15, -0.1) is 0 Å². The molecule has 0 unspecified atom stereocenters. The summed E-state index contributed by atoms with van der Waals surface area (Å²) in [7, 11) is 0. The van der Waals surface area contributed by atoms with Gasteiger partial charge in [0.1, 0.15) is 6.54 Å². The zero-order valence-corrected chi connectivity index (χ0v) is 16.1. The predicted octanol–water partition coefficient (Wildman–Crippen LogP) is 2.34. The molecule has 0 saturated heterocycles. The van der Waals surface area contributed by atoms with Crippen molar-refractivity contribution in [3.63, 3.8) is 0 Å². The summed E-state index contributed by atoms with van der Waals surface area (Å²) < 4.78 is 7.02. The summed E-state index contributed by atoms with van der Waals surface area (Å²) in [4.78, 5) is 48.1. The lowest BCUT2D eigenvalue weighted by Crippen LogP contribution is -2.41. The summed E-state index contributed by atoms with van der Waals surface area (Å²) in [6, 6.07) is 9.94. The third kappa shape index (κ3) is 4.19. The van der Waals surface area contributed by atoms with Gasteiger partial charge in [0, 0.05) is 17.2 Å². The fourth-order valence-corrected chi connectivity index (χ4v) is 3.09. The topological polar surface area (TPSA) is 113 Å². The van der Waals surface area contributed by atoms with E-state index in [2.05, 4.69) is 0 Å². The molecule has 1 aromatic heterocycles. The van der Waals surface area contributed by atoms with Crippen molar-refractivity contribution < 1.29 is 14.5 Å². The van der Waals surface area contributed by atoms with Gasteiger partial charge >= 0.3 is 11.7 Å². The summed E-state index contributed by atoms with van der Waals surface area (Å²) in [5, 5.41) is 11.3. The van der Waals surface area contributed by atoms with Gasteiger partial charge in [-0.25, -0.2) is 4.79 Å². The number of halogens is 1. The van der Waals surface area contributed by atoms with Crippen molar-refractivity contribution in [3.8, 4) is 0 Å². The van der Waals surface area contributed by atoms with E-state index in [0.717, 1.165) is 9.13 Å². The second-order valence-corrected chi connectivity index (χ2v) is 6.59. The number of nitro groups is 1. The van der Waals surface area contributed by atoms with Gasteiger partial charge in [-0.1, -0.05) is 23.7 Å². The van der Waals surface area contributed by atoms with Crippen molar-refractivity contribution in [2.24, 2.45) is 0 Å². The standard InChI is InChI=1S/C19H16ClN3O6/c1-2-29-17(24)11-21-16-9-13(20)5-8-15(16)18(25)22(19(21)26)10-12-3-6-14(7-4-12)23(27)28/h3-9H,2,10-11H2,1H3. The molecule has 3 rings (SSSR count). The molecule has 0 aliphatic heterocycles. The lowest BCUT2D eigenvalue weighted by atomic mass is 10.2. The number of hydrogen-bond acceptors (Lipinski definition) is 6. The summed E-state index contributed by atoms with van der Waals surface area (Å²) >= 11 is 6.01. The smallest absolute Gasteiger partial charge is 0.332 e. The van der Waals surface area contributed by atoms with Gasteiger partial charge in [0.15, 0.2) is 0 Å². The fraction of sp³-hybridized carbons (Fsp3) is 0.211. The molecule has 9 nitrogen and oxygen atoms in total. The Bertz CT molecular complexity index is 1210. The zero-order valence-electron chi connectivity index (χ0n) is 15.3. The molecule has 0 bridgehead atoms. The van der Waals surface area contributed by atoms with Crippen LogP contribution in [0.4, 0.5) is 5.69 Å². The van der Waals surface area contributed by atoms with E-state index in [-0.39, 0.29) is 36.3 Å². The van der Waals surface area contributed by atoms with E-state index in [4.69, 9.17) is 16.3 Å². The van der Waals surface area contributed by atoms with Crippen LogP contribution in [0.25, 0.3) is 10.9 Å². The van der Waals surface area contributed by atoms with Crippen LogP contribution in [0.15, 0.2) is 52.1 Å². The van der Waals surface area contributed by atoms with Crippen molar-refractivity contribution in [1.82, 2.24) is 9.13 Å². The highest BCUT2D eigenvalue weighted by Gasteiger charge is 2.17. The molecule has 0 radical (unpaired) electrons. The molecule has 0 amide bonds. The number of esters is 1. The molecule has 2 aromatic carbocycles. The van der Waals surface area contributed by atoms with Crippen LogP contribution in [0.2, 0.25) is 5.02 Å². The van der Waals surface area contributed by atoms with Crippen molar-refractivity contribution in [2.75, 3.05) is 6.61 Å². The number of benzene rings is 2. The Morgan fingerprint density at radius 2 is 1.83 bits per heavy atom. The number of carbonyl (C=O) groups excluding carboxylic acids is 1. The highest BCUT2D eigenvalue weighted by Crippen LogP contribution is 2.17. The molecular weight excluding hydrogens is 402 g/mol. The van der Waals surface area contributed by atoms with E-state index in [1.165, 1.54) is 42.5 Å². The van der Waals surface area contributed by atoms with Crippen LogP contribution in [0, 0.1) is 10.1 Å². The molecule has 150 valence electrons. The van der Waals surface area contributed by atoms with E-state index < -0.39 is 22.1 Å². The average molecular weight is 418 g/mol. The van der Waals surface area contributed by atoms with Crippen LogP contribution < -0.4 is 11.2 Å². The monoisotopic (exact) mass is 417 g/mol. The van der Waals surface area contributed by atoms with Crippen LogP contribution in [0.1, 0.15) is 12.5 Å². The second-order valence-electron chi connectivity index (χ2n) is 6.15. The quantitative estimate of drug-likeness (QED) is 0.345. The Morgan fingerprint density at radius 1 is 1.14 bits per heavy atom. The summed E-state index contributed by atoms with van der Waals surface area (Å²) in [6.45, 7) is 1.29. The number of fused-ring (bicyclic) bond motifs is 1. The predicted molar refractivity (Wildman–Crippen MR) is 106 cm³/mol. The minimum atomic E-state index is -0.712. The van der Waals surface area contributed by atoms with Gasteiger partial charge < -0.3 is 4.74 Å². The number of hydrogen-bond donors (Lipinski definition) is 0. The number of aromatic nitrogens is 2. The third-order valence-electron chi connectivity index (χ3n) is 4.27. The molecule has 0 fully saturated rings. The Morgan fingerprint density at radius 3 is 2.45 bits per heavy atom. The van der Waals surface area contributed by atoms with Crippen LogP contribution >= 0.6 is 11.6 Å². The summed E-state index contributed by atoms with van der Waals surface area (Å²) in [5.41, 5.74) is -0.628. The molecule has 3 aromatic rings. The molecule has 0 spiro atoms. The highest BCUT2D eigenvalue weighted by atomic mass is 35.5. The van der Waals surface area contributed by atoms with E-state index >= 15 is 0 Å². The second kappa shape index (κ2) is 8.27. The molecule has 0 aliphatic carbocycles. The van der Waals surface area contributed by atoms with Crippen molar-refractivity contribution in [3.05, 3.63) is 84.0 Å². The molecule has 0 aliphatic rings. The largest absolute Gasteiger partial charge is 0.465 e. The first kappa shape index (κ1) is 20.3. The number of nitrogens with zero attached hydrogens (tertiary/aromatic N) is 3. The fourth-order valence-electron chi connectivity index (χ4n) is 2.92. The van der Waals surface area contributed by atoms with Gasteiger partial charge in [0.05, 0.1) is 29.0 Å². The van der Waals surface area contributed by atoms with Gasteiger partial charge in [-0.05, 0) is 30.7 Å². The maximum Gasteiger partial charge on any atom is 0.332 e. The van der Waals surface area contributed by atoms with Crippen molar-refractivity contribution in [1.29, 1.82) is 0 Å². The molecule has 0 saturated carbocycles. The van der Waals surface area contributed by atoms with E-state index in [1.54, 1.807) is 6.92 Å². The number of nitro benzene ring substituents is 1. The first-order valence-corrected chi connectivity index (χ1v) is 9.01. The van der Waals surface area contributed by atoms with Gasteiger partial charge in [-0.3, -0.25) is 28.8 Å².